The molecule has 238 valence electrons. The van der Waals surface area contributed by atoms with E-state index in [4.69, 9.17) is 9.97 Å². The SMILES string of the molecule is CCCCCCCCCCNS(=O)(=O)CCc1cc(Br)sc1-c1nc2sc(-c3sc(Br)cc3CCS(=O)(=O)NC)nc2s1. The minimum Gasteiger partial charge on any atom is -0.222 e. The van der Waals surface area contributed by atoms with Crippen LogP contribution in [0.2, 0.25) is 0 Å². The van der Waals surface area contributed by atoms with Crippen LogP contribution in [-0.2, 0) is 32.9 Å². The van der Waals surface area contributed by atoms with E-state index in [1.807, 2.05) is 12.1 Å². The van der Waals surface area contributed by atoms with Gasteiger partial charge >= 0.3 is 0 Å². The molecule has 0 aliphatic carbocycles. The molecule has 4 aromatic heterocycles. The van der Waals surface area contributed by atoms with Crippen LogP contribution >= 0.6 is 77.2 Å². The van der Waals surface area contributed by atoms with Crippen LogP contribution in [0.25, 0.3) is 29.4 Å². The van der Waals surface area contributed by atoms with E-state index in [-0.39, 0.29) is 11.5 Å². The molecule has 0 atom stereocenters. The number of rotatable bonds is 19. The van der Waals surface area contributed by atoms with Crippen molar-refractivity contribution >= 4 is 107 Å². The lowest BCUT2D eigenvalue weighted by molar-refractivity contribution is 0.558. The zero-order chi connectivity index (χ0) is 31.0. The van der Waals surface area contributed by atoms with Crippen LogP contribution in [0.5, 0.6) is 0 Å². The van der Waals surface area contributed by atoms with E-state index >= 15 is 0 Å². The Morgan fingerprint density at radius 3 is 1.65 bits per heavy atom. The van der Waals surface area contributed by atoms with Crippen LogP contribution in [-0.4, -0.2) is 51.9 Å². The number of unbranched alkanes of at least 4 members (excludes halogenated alkanes) is 7. The summed E-state index contributed by atoms with van der Waals surface area (Å²) in [4.78, 5) is 13.2. The Hall–Kier alpha value is -0.300. The number of halogens is 2. The lowest BCUT2D eigenvalue weighted by atomic mass is 10.1. The molecule has 0 aliphatic rings. The van der Waals surface area contributed by atoms with Crippen molar-refractivity contribution in [3.05, 3.63) is 30.8 Å². The summed E-state index contributed by atoms with van der Waals surface area (Å²) in [5.41, 5.74) is 1.88. The number of hydrogen-bond acceptors (Lipinski definition) is 10. The highest BCUT2D eigenvalue weighted by molar-refractivity contribution is 9.11. The molecule has 0 aromatic carbocycles. The van der Waals surface area contributed by atoms with Gasteiger partial charge in [-0.1, -0.05) is 74.5 Å². The second kappa shape index (κ2) is 16.5. The number of nitrogens with one attached hydrogen (secondary N) is 2. The maximum Gasteiger partial charge on any atom is 0.211 e. The van der Waals surface area contributed by atoms with Gasteiger partial charge < -0.3 is 0 Å². The first-order valence-electron chi connectivity index (χ1n) is 14.2. The van der Waals surface area contributed by atoms with Crippen LogP contribution in [0.15, 0.2) is 19.7 Å². The van der Waals surface area contributed by atoms with Crippen LogP contribution in [0.3, 0.4) is 0 Å². The Balaban J connectivity index is 1.37. The van der Waals surface area contributed by atoms with E-state index < -0.39 is 20.0 Å². The molecule has 0 amide bonds. The number of thiazole rings is 2. The number of aryl methyl sites for hydroxylation is 2. The highest BCUT2D eigenvalue weighted by atomic mass is 79.9. The highest BCUT2D eigenvalue weighted by Gasteiger charge is 2.22. The average molecular weight is 833 g/mol. The molecular formula is C27H36Br2N4O4S6. The Morgan fingerprint density at radius 2 is 1.16 bits per heavy atom. The molecule has 0 saturated carbocycles. The minimum absolute atomic E-state index is 0.00226. The van der Waals surface area contributed by atoms with Gasteiger partial charge in [0.05, 0.1) is 28.8 Å². The second-order valence-electron chi connectivity index (χ2n) is 10.2. The van der Waals surface area contributed by atoms with E-state index in [2.05, 4.69) is 48.2 Å². The zero-order valence-electron chi connectivity index (χ0n) is 24.1. The van der Waals surface area contributed by atoms with Crippen molar-refractivity contribution in [2.45, 2.75) is 71.1 Å². The highest BCUT2D eigenvalue weighted by Crippen LogP contribution is 2.44. The lowest BCUT2D eigenvalue weighted by Crippen LogP contribution is -2.28. The third-order valence-corrected chi connectivity index (χ3v) is 15.3. The van der Waals surface area contributed by atoms with Crippen LogP contribution in [0.4, 0.5) is 0 Å². The smallest absolute Gasteiger partial charge is 0.211 e. The van der Waals surface area contributed by atoms with E-state index in [9.17, 15) is 16.8 Å². The molecule has 43 heavy (non-hydrogen) atoms. The van der Waals surface area contributed by atoms with Crippen LogP contribution in [0.1, 0.15) is 69.4 Å². The molecule has 4 aromatic rings. The summed E-state index contributed by atoms with van der Waals surface area (Å²) in [6.07, 6.45) is 10.2. The van der Waals surface area contributed by atoms with Gasteiger partial charge in [-0.15, -0.1) is 22.7 Å². The number of hydrogen-bond donors (Lipinski definition) is 2. The molecule has 0 fully saturated rings. The van der Waals surface area contributed by atoms with Gasteiger partial charge in [-0.25, -0.2) is 36.2 Å². The standard InChI is InChI=1S/C27H36Br2N4O4S6/c1-3-4-5-6-7-8-9-10-13-31-43(36,37)15-12-19-17-21(29)39-23(19)25-33-27-26(41-25)32-24(40-27)22-18(16-20(28)38-22)11-14-42(34,35)30-2/h16-17,30-31H,3-15H2,1-2H3. The van der Waals surface area contributed by atoms with Crippen LogP contribution < -0.4 is 9.44 Å². The van der Waals surface area contributed by atoms with Gasteiger partial charge in [0, 0.05) is 6.54 Å². The molecule has 0 bridgehead atoms. The van der Waals surface area contributed by atoms with Gasteiger partial charge in [0.15, 0.2) is 9.66 Å². The lowest BCUT2D eigenvalue weighted by Gasteiger charge is -2.07. The van der Waals surface area contributed by atoms with Crippen molar-refractivity contribution in [2.75, 3.05) is 25.1 Å². The molecule has 4 heterocycles. The summed E-state index contributed by atoms with van der Waals surface area (Å²) in [6, 6.07) is 3.94. The van der Waals surface area contributed by atoms with E-state index in [1.165, 1.54) is 73.2 Å². The predicted octanol–water partition coefficient (Wildman–Crippen LogP) is 8.43. The molecule has 16 heteroatoms. The molecule has 8 nitrogen and oxygen atoms in total. The molecule has 2 N–H and O–H groups in total. The first-order valence-corrected chi connectivity index (χ1v) is 22.4. The Kier molecular flexibility index (Phi) is 13.6. The number of sulfonamides is 2. The van der Waals surface area contributed by atoms with Crippen molar-refractivity contribution < 1.29 is 16.8 Å². The summed E-state index contributed by atoms with van der Waals surface area (Å²) >= 11 is 13.2. The van der Waals surface area contributed by atoms with Crippen molar-refractivity contribution in [3.63, 3.8) is 0 Å². The van der Waals surface area contributed by atoms with E-state index in [0.29, 0.717) is 19.4 Å². The predicted molar refractivity (Wildman–Crippen MR) is 192 cm³/mol. The van der Waals surface area contributed by atoms with Crippen molar-refractivity contribution in [1.82, 2.24) is 19.4 Å². The Morgan fingerprint density at radius 1 is 0.698 bits per heavy atom. The topological polar surface area (TPSA) is 118 Å². The molecule has 4 rings (SSSR count). The summed E-state index contributed by atoms with van der Waals surface area (Å²) < 4.78 is 56.3. The summed E-state index contributed by atoms with van der Waals surface area (Å²) in [5.74, 6) is 0.0317. The first-order chi connectivity index (χ1) is 20.5. The van der Waals surface area contributed by atoms with E-state index in [1.54, 1.807) is 11.3 Å². The zero-order valence-corrected chi connectivity index (χ0v) is 32.2. The third-order valence-electron chi connectivity index (χ3n) is 6.87. The normalized spacial score (nSPS) is 12.6. The van der Waals surface area contributed by atoms with Gasteiger partial charge in [-0.3, -0.25) is 0 Å². The summed E-state index contributed by atoms with van der Waals surface area (Å²) in [5, 5.41) is 1.64. The third kappa shape index (κ3) is 10.6. The molecule has 0 radical (unpaired) electrons. The van der Waals surface area contributed by atoms with Gasteiger partial charge in [0.1, 0.15) is 10.0 Å². The monoisotopic (exact) mass is 830 g/mol. The average Bonchev–Trinajstić information content (AvgIpc) is 3.72. The number of nitrogens with zero attached hydrogens (tertiary/aromatic N) is 2. The fourth-order valence-electron chi connectivity index (χ4n) is 4.51. The van der Waals surface area contributed by atoms with Crippen molar-refractivity contribution in [3.8, 4) is 19.8 Å². The van der Waals surface area contributed by atoms with Gasteiger partial charge in [-0.2, -0.15) is 0 Å². The van der Waals surface area contributed by atoms with Gasteiger partial charge in [0.25, 0.3) is 0 Å². The largest absolute Gasteiger partial charge is 0.222 e. The molecule has 0 saturated heterocycles. The Bertz CT molecular complexity index is 1680. The maximum atomic E-state index is 12.7. The van der Waals surface area contributed by atoms with Gasteiger partial charge in [-0.05, 0) is 81.4 Å². The molecule has 0 aliphatic heterocycles. The summed E-state index contributed by atoms with van der Waals surface area (Å²) in [6.45, 7) is 2.70. The molecule has 0 unspecified atom stereocenters. The minimum atomic E-state index is -3.37. The van der Waals surface area contributed by atoms with Crippen LogP contribution in [0, 0.1) is 0 Å². The quantitative estimate of drug-likeness (QED) is 0.0917. The molecular weight excluding hydrogens is 797 g/mol. The Labute approximate surface area is 287 Å². The number of fused-ring (bicyclic) bond motifs is 1. The maximum absolute atomic E-state index is 12.7. The van der Waals surface area contributed by atoms with Crippen molar-refractivity contribution in [1.29, 1.82) is 0 Å². The number of aromatic nitrogens is 2. The second-order valence-corrected chi connectivity index (χ2v) is 21.0. The fourth-order valence-corrected chi connectivity index (χ4v) is 11.9. The van der Waals surface area contributed by atoms with Gasteiger partial charge in [0.2, 0.25) is 20.0 Å². The number of thiophene rings is 2. The first kappa shape index (κ1) is 35.6. The van der Waals surface area contributed by atoms with E-state index in [0.717, 1.165) is 67.4 Å². The summed E-state index contributed by atoms with van der Waals surface area (Å²) in [7, 11) is -5.27. The molecule has 0 spiro atoms. The van der Waals surface area contributed by atoms with Crippen molar-refractivity contribution in [2.24, 2.45) is 0 Å². The fraction of sp³-hybridized carbons (Fsp3) is 0.556.